The van der Waals surface area contributed by atoms with Gasteiger partial charge in [-0.3, -0.25) is 0 Å². The smallest absolute Gasteiger partial charge is 0.0217 e. The van der Waals surface area contributed by atoms with Gasteiger partial charge in [0, 0.05) is 12.6 Å². The van der Waals surface area contributed by atoms with E-state index >= 15 is 0 Å². The molecule has 1 heterocycles. The minimum Gasteiger partial charge on any atom is -0.305 e. The van der Waals surface area contributed by atoms with E-state index in [9.17, 15) is 0 Å². The largest absolute Gasteiger partial charge is 0.305 e. The first kappa shape index (κ1) is 17.3. The average Bonchev–Trinajstić information content (AvgIpc) is 2.42. The summed E-state index contributed by atoms with van der Waals surface area (Å²) in [7, 11) is 4.44. The summed E-state index contributed by atoms with van der Waals surface area (Å²) in [6.45, 7) is 3.93. The fraction of sp³-hybridized carbons (Fsp3) is 1.00. The summed E-state index contributed by atoms with van der Waals surface area (Å²) in [6, 6.07) is 0.787. The van der Waals surface area contributed by atoms with Gasteiger partial charge in [0.1, 0.15) is 0 Å². The highest BCUT2D eigenvalue weighted by Gasteiger charge is 2.20. The van der Waals surface area contributed by atoms with Crippen molar-refractivity contribution in [2.75, 3.05) is 39.5 Å². The van der Waals surface area contributed by atoms with Crippen molar-refractivity contribution < 1.29 is 0 Å². The monoisotopic (exact) mass is 286 g/mol. The second-order valence-electron chi connectivity index (χ2n) is 6.26. The highest BCUT2D eigenvalue weighted by molar-refractivity contribution is 7.80. The van der Waals surface area contributed by atoms with Crippen LogP contribution in [-0.4, -0.2) is 55.3 Å². The number of rotatable bonds is 10. The molecule has 0 radical (unpaired) electrons. The SMILES string of the molecule is CN(C)C1CCCN(CCCCCCCCCS)C1. The maximum atomic E-state index is 4.25. The number of hydrogen-bond acceptors (Lipinski definition) is 3. The summed E-state index contributed by atoms with van der Waals surface area (Å²) >= 11 is 4.25. The van der Waals surface area contributed by atoms with E-state index in [1.165, 1.54) is 77.4 Å². The van der Waals surface area contributed by atoms with Crippen LogP contribution in [0.5, 0.6) is 0 Å². The molecule has 1 aliphatic heterocycles. The molecule has 0 aromatic rings. The Labute approximate surface area is 126 Å². The van der Waals surface area contributed by atoms with Gasteiger partial charge in [-0.2, -0.15) is 12.6 Å². The Hall–Kier alpha value is 0.270. The van der Waals surface area contributed by atoms with Gasteiger partial charge in [-0.1, -0.05) is 32.1 Å². The Balaban J connectivity index is 1.94. The van der Waals surface area contributed by atoms with E-state index in [0.29, 0.717) is 0 Å². The first-order chi connectivity index (χ1) is 9.24. The molecule has 0 saturated carbocycles. The van der Waals surface area contributed by atoms with Crippen LogP contribution in [0.2, 0.25) is 0 Å². The molecule has 0 aliphatic carbocycles. The molecule has 3 heteroatoms. The lowest BCUT2D eigenvalue weighted by Crippen LogP contribution is -2.45. The highest BCUT2D eigenvalue weighted by Crippen LogP contribution is 2.15. The zero-order chi connectivity index (χ0) is 13.9. The molecule has 0 N–H and O–H groups in total. The van der Waals surface area contributed by atoms with Gasteiger partial charge in [0.15, 0.2) is 0 Å². The molecule has 1 saturated heterocycles. The van der Waals surface area contributed by atoms with Crippen LogP contribution in [0.25, 0.3) is 0 Å². The Kier molecular flexibility index (Phi) is 10.0. The molecule has 114 valence electrons. The molecule has 0 amide bonds. The Morgan fingerprint density at radius 2 is 1.63 bits per heavy atom. The van der Waals surface area contributed by atoms with E-state index in [-0.39, 0.29) is 0 Å². The van der Waals surface area contributed by atoms with Gasteiger partial charge in [-0.25, -0.2) is 0 Å². The first-order valence-corrected chi connectivity index (χ1v) is 8.87. The first-order valence-electron chi connectivity index (χ1n) is 8.23. The van der Waals surface area contributed by atoms with E-state index in [4.69, 9.17) is 0 Å². The third-order valence-electron chi connectivity index (χ3n) is 4.34. The predicted molar refractivity (Wildman–Crippen MR) is 89.3 cm³/mol. The lowest BCUT2D eigenvalue weighted by molar-refractivity contribution is 0.131. The van der Waals surface area contributed by atoms with Gasteiger partial charge >= 0.3 is 0 Å². The minimum absolute atomic E-state index is 0.787. The Morgan fingerprint density at radius 3 is 2.26 bits per heavy atom. The maximum absolute atomic E-state index is 4.25. The lowest BCUT2D eigenvalue weighted by Gasteiger charge is -2.36. The summed E-state index contributed by atoms with van der Waals surface area (Å²) in [5.41, 5.74) is 0. The third kappa shape index (κ3) is 8.21. The second kappa shape index (κ2) is 11.0. The van der Waals surface area contributed by atoms with Crippen LogP contribution in [0.1, 0.15) is 57.8 Å². The number of piperidine rings is 1. The van der Waals surface area contributed by atoms with Crippen LogP contribution in [0.15, 0.2) is 0 Å². The van der Waals surface area contributed by atoms with Crippen molar-refractivity contribution in [3.05, 3.63) is 0 Å². The molecule has 19 heavy (non-hydrogen) atoms. The van der Waals surface area contributed by atoms with Crippen molar-refractivity contribution in [2.45, 2.75) is 63.8 Å². The number of nitrogens with zero attached hydrogens (tertiary/aromatic N) is 2. The van der Waals surface area contributed by atoms with Crippen molar-refractivity contribution in [1.82, 2.24) is 9.80 Å². The van der Waals surface area contributed by atoms with Gasteiger partial charge in [0.25, 0.3) is 0 Å². The van der Waals surface area contributed by atoms with Crippen molar-refractivity contribution in [1.29, 1.82) is 0 Å². The molecule has 0 aromatic heterocycles. The summed E-state index contributed by atoms with van der Waals surface area (Å²) in [4.78, 5) is 5.07. The molecule has 0 spiro atoms. The standard InChI is InChI=1S/C16H34N2S/c1-17(2)16-11-10-13-18(15-16)12-8-6-4-3-5-7-9-14-19/h16,19H,3-15H2,1-2H3. The molecule has 0 bridgehead atoms. The van der Waals surface area contributed by atoms with Crippen molar-refractivity contribution in [2.24, 2.45) is 0 Å². The van der Waals surface area contributed by atoms with Gasteiger partial charge in [0.05, 0.1) is 0 Å². The van der Waals surface area contributed by atoms with Crippen molar-refractivity contribution in [3.8, 4) is 0 Å². The second-order valence-corrected chi connectivity index (χ2v) is 6.71. The summed E-state index contributed by atoms with van der Waals surface area (Å²) < 4.78 is 0. The molecule has 0 aromatic carbocycles. The molecule has 1 aliphatic rings. The number of likely N-dealkylation sites (tertiary alicyclic amines) is 1. The predicted octanol–water partition coefficient (Wildman–Crippen LogP) is 3.67. The minimum atomic E-state index is 0.787. The zero-order valence-electron chi connectivity index (χ0n) is 13.1. The zero-order valence-corrected chi connectivity index (χ0v) is 14.0. The number of likely N-dealkylation sites (N-methyl/N-ethyl adjacent to an activating group) is 1. The van der Waals surface area contributed by atoms with Crippen LogP contribution in [0.3, 0.4) is 0 Å². The summed E-state index contributed by atoms with van der Waals surface area (Å²) in [5, 5.41) is 0. The molecule has 1 fully saturated rings. The van der Waals surface area contributed by atoms with Crippen LogP contribution in [-0.2, 0) is 0 Å². The van der Waals surface area contributed by atoms with Crippen LogP contribution >= 0.6 is 12.6 Å². The van der Waals surface area contributed by atoms with E-state index in [2.05, 4.69) is 36.5 Å². The highest BCUT2D eigenvalue weighted by atomic mass is 32.1. The van der Waals surface area contributed by atoms with Gasteiger partial charge in [-0.15, -0.1) is 0 Å². The number of unbranched alkanes of at least 4 members (excludes halogenated alkanes) is 6. The average molecular weight is 287 g/mol. The van der Waals surface area contributed by atoms with E-state index in [1.807, 2.05) is 0 Å². The Bertz CT molecular complexity index is 209. The van der Waals surface area contributed by atoms with Gasteiger partial charge < -0.3 is 9.80 Å². The molecule has 1 unspecified atom stereocenters. The van der Waals surface area contributed by atoms with Gasteiger partial charge in [0.2, 0.25) is 0 Å². The number of hydrogen-bond donors (Lipinski definition) is 1. The Morgan fingerprint density at radius 1 is 1.00 bits per heavy atom. The fourth-order valence-corrected chi connectivity index (χ4v) is 3.21. The normalized spacial score (nSPS) is 21.2. The van der Waals surface area contributed by atoms with Crippen LogP contribution in [0, 0.1) is 0 Å². The van der Waals surface area contributed by atoms with Crippen LogP contribution in [0.4, 0.5) is 0 Å². The lowest BCUT2D eigenvalue weighted by atomic mass is 10.0. The van der Waals surface area contributed by atoms with Crippen molar-refractivity contribution >= 4 is 12.6 Å². The maximum Gasteiger partial charge on any atom is 0.0217 e. The topological polar surface area (TPSA) is 6.48 Å². The van der Waals surface area contributed by atoms with E-state index in [0.717, 1.165) is 11.8 Å². The molecular weight excluding hydrogens is 252 g/mol. The van der Waals surface area contributed by atoms with E-state index < -0.39 is 0 Å². The van der Waals surface area contributed by atoms with E-state index in [1.54, 1.807) is 0 Å². The third-order valence-corrected chi connectivity index (χ3v) is 4.66. The van der Waals surface area contributed by atoms with Gasteiger partial charge in [-0.05, 0) is 58.6 Å². The van der Waals surface area contributed by atoms with Crippen LogP contribution < -0.4 is 0 Å². The number of thiol groups is 1. The molecule has 1 atom stereocenters. The van der Waals surface area contributed by atoms with Crippen molar-refractivity contribution in [3.63, 3.8) is 0 Å². The molecule has 1 rings (SSSR count). The summed E-state index contributed by atoms with van der Waals surface area (Å²) in [6.07, 6.45) is 12.5. The molecule has 2 nitrogen and oxygen atoms in total. The quantitative estimate of drug-likeness (QED) is 0.483. The fourth-order valence-electron chi connectivity index (χ4n) is 2.99. The summed E-state index contributed by atoms with van der Waals surface area (Å²) in [5.74, 6) is 1.06. The molecular formula is C16H34N2S.